The van der Waals surface area contributed by atoms with E-state index in [1.54, 1.807) is 24.3 Å². The number of fused-ring (bicyclic) bond motifs is 1. The molecule has 0 bridgehead atoms. The van der Waals surface area contributed by atoms with Crippen LogP contribution in [0.15, 0.2) is 34.2 Å². The fourth-order valence-electron chi connectivity index (χ4n) is 3.74. The molecule has 2 heterocycles. The van der Waals surface area contributed by atoms with Crippen LogP contribution in [-0.2, 0) is 14.8 Å². The zero-order chi connectivity index (χ0) is 19.6. The molecular weight excluding hydrogens is 364 g/mol. The first-order valence-electron chi connectivity index (χ1n) is 9.45. The van der Waals surface area contributed by atoms with E-state index in [1.807, 2.05) is 25.8 Å². The molecule has 1 fully saturated rings. The molecule has 1 saturated heterocycles. The molecule has 3 rings (SSSR count). The van der Waals surface area contributed by atoms with Gasteiger partial charge in [-0.15, -0.1) is 0 Å². The summed E-state index contributed by atoms with van der Waals surface area (Å²) in [6.45, 7) is 6.43. The van der Waals surface area contributed by atoms with Gasteiger partial charge in [0.15, 0.2) is 0 Å². The highest BCUT2D eigenvalue weighted by Gasteiger charge is 2.34. The zero-order valence-corrected chi connectivity index (χ0v) is 16.9. The summed E-state index contributed by atoms with van der Waals surface area (Å²) in [7, 11) is -1.69. The van der Waals surface area contributed by atoms with E-state index in [4.69, 9.17) is 0 Å². The van der Waals surface area contributed by atoms with Crippen molar-refractivity contribution in [3.05, 3.63) is 29.8 Å². The Labute approximate surface area is 161 Å². The Hall–Kier alpha value is -1.93. The molecule has 2 aliphatic rings. The lowest BCUT2D eigenvalue weighted by Crippen LogP contribution is -2.39. The highest BCUT2D eigenvalue weighted by molar-refractivity contribution is 7.90. The molecule has 2 unspecified atom stereocenters. The van der Waals surface area contributed by atoms with Crippen LogP contribution in [0.5, 0.6) is 0 Å². The van der Waals surface area contributed by atoms with E-state index in [0.29, 0.717) is 17.9 Å². The molecule has 1 amide bonds. The average Bonchev–Trinajstić information content (AvgIpc) is 3.17. The Balaban J connectivity index is 1.86. The molecule has 0 spiro atoms. The number of carbonyl (C=O) groups is 1. The summed E-state index contributed by atoms with van der Waals surface area (Å²) >= 11 is 0. The number of likely N-dealkylation sites (tertiary alicyclic amines) is 1. The van der Waals surface area contributed by atoms with Gasteiger partial charge in [0.2, 0.25) is 5.91 Å². The second-order valence-corrected chi connectivity index (χ2v) is 9.37. The molecule has 7 nitrogen and oxygen atoms in total. The minimum absolute atomic E-state index is 0.0154. The van der Waals surface area contributed by atoms with E-state index in [2.05, 4.69) is 15.0 Å². The van der Waals surface area contributed by atoms with Crippen molar-refractivity contribution in [2.45, 2.75) is 37.6 Å². The number of sulfonamides is 1. The van der Waals surface area contributed by atoms with Gasteiger partial charge in [-0.05, 0) is 50.4 Å². The fraction of sp³-hybridized carbons (Fsp3) is 0.579. The van der Waals surface area contributed by atoms with Gasteiger partial charge in [0.1, 0.15) is 11.9 Å². The lowest BCUT2D eigenvalue weighted by atomic mass is 10.0. The number of nitrogens with one attached hydrogen (secondary N) is 2. The van der Waals surface area contributed by atoms with Gasteiger partial charge < -0.3 is 10.2 Å². The molecule has 0 aromatic heterocycles. The Morgan fingerprint density at radius 2 is 2.11 bits per heavy atom. The summed E-state index contributed by atoms with van der Waals surface area (Å²) in [4.78, 5) is 19.8. The standard InChI is InChI=1S/C19H28N4O3S/c1-13(2)10-16(19(24)23-9-8-14(12-23)11-20-3)21-18-15-6-4-5-7-17(15)27(25,26)22-18/h4-7,13-14,16,20H,8-12H2,1-3H3,(H,21,22). The van der Waals surface area contributed by atoms with E-state index in [-0.39, 0.29) is 22.6 Å². The number of carbonyl (C=O) groups excluding carboxylic acids is 1. The quantitative estimate of drug-likeness (QED) is 0.761. The highest BCUT2D eigenvalue weighted by Crippen LogP contribution is 2.25. The van der Waals surface area contributed by atoms with Crippen molar-refractivity contribution in [3.8, 4) is 0 Å². The number of hydrogen-bond donors (Lipinski definition) is 2. The maximum absolute atomic E-state index is 13.1. The van der Waals surface area contributed by atoms with Crippen molar-refractivity contribution in [2.24, 2.45) is 16.8 Å². The number of benzene rings is 1. The van der Waals surface area contributed by atoms with Crippen LogP contribution in [0.1, 0.15) is 32.3 Å². The van der Waals surface area contributed by atoms with E-state index in [0.717, 1.165) is 26.1 Å². The largest absolute Gasteiger partial charge is 0.341 e. The topological polar surface area (TPSA) is 90.9 Å². The second-order valence-electron chi connectivity index (χ2n) is 7.72. The maximum atomic E-state index is 13.1. The molecule has 0 radical (unpaired) electrons. The summed E-state index contributed by atoms with van der Waals surface area (Å²) in [6, 6.07) is 6.16. The summed E-state index contributed by atoms with van der Waals surface area (Å²) in [6.07, 6.45) is 1.56. The van der Waals surface area contributed by atoms with Crippen molar-refractivity contribution in [1.82, 2.24) is 14.9 Å². The smallest absolute Gasteiger partial charge is 0.263 e. The maximum Gasteiger partial charge on any atom is 0.263 e. The van der Waals surface area contributed by atoms with Crippen LogP contribution in [0.3, 0.4) is 0 Å². The predicted molar refractivity (Wildman–Crippen MR) is 105 cm³/mol. The van der Waals surface area contributed by atoms with Crippen molar-refractivity contribution in [1.29, 1.82) is 0 Å². The molecule has 8 heteroatoms. The molecule has 0 saturated carbocycles. The summed E-state index contributed by atoms with van der Waals surface area (Å²) in [5.41, 5.74) is 0.536. The monoisotopic (exact) mass is 392 g/mol. The van der Waals surface area contributed by atoms with Crippen molar-refractivity contribution in [2.75, 3.05) is 26.7 Å². The van der Waals surface area contributed by atoms with E-state index in [9.17, 15) is 13.2 Å². The van der Waals surface area contributed by atoms with E-state index < -0.39 is 16.1 Å². The SMILES string of the molecule is CNCC1CCN(C(=O)C(CC(C)C)N=C2NS(=O)(=O)c3ccccc32)C1. The van der Waals surface area contributed by atoms with Crippen LogP contribution in [-0.4, -0.2) is 57.8 Å². The number of amidine groups is 1. The summed E-state index contributed by atoms with van der Waals surface area (Å²) in [5.74, 6) is 0.984. The first kappa shape index (κ1) is 19.8. The van der Waals surface area contributed by atoms with Crippen molar-refractivity contribution in [3.63, 3.8) is 0 Å². The third-order valence-electron chi connectivity index (χ3n) is 5.02. The fourth-order valence-corrected chi connectivity index (χ4v) is 4.98. The molecule has 2 atom stereocenters. The van der Waals surface area contributed by atoms with Crippen molar-refractivity contribution >= 4 is 21.8 Å². The Morgan fingerprint density at radius 1 is 1.37 bits per heavy atom. The normalized spacial score (nSPS) is 23.5. The third-order valence-corrected chi connectivity index (χ3v) is 6.41. The Morgan fingerprint density at radius 3 is 2.81 bits per heavy atom. The molecular formula is C19H28N4O3S. The predicted octanol–water partition coefficient (Wildman–Crippen LogP) is 1.21. The van der Waals surface area contributed by atoms with Crippen LogP contribution in [0.2, 0.25) is 0 Å². The van der Waals surface area contributed by atoms with Gasteiger partial charge in [0.25, 0.3) is 10.0 Å². The van der Waals surface area contributed by atoms with Gasteiger partial charge >= 0.3 is 0 Å². The minimum Gasteiger partial charge on any atom is -0.341 e. The molecule has 1 aromatic carbocycles. The van der Waals surface area contributed by atoms with Gasteiger partial charge in [0.05, 0.1) is 4.90 Å². The number of amides is 1. The lowest BCUT2D eigenvalue weighted by molar-refractivity contribution is -0.131. The molecule has 1 aromatic rings. The van der Waals surface area contributed by atoms with Gasteiger partial charge in [0, 0.05) is 18.7 Å². The first-order valence-corrected chi connectivity index (χ1v) is 10.9. The molecule has 2 N–H and O–H groups in total. The lowest BCUT2D eigenvalue weighted by Gasteiger charge is -2.23. The summed E-state index contributed by atoms with van der Waals surface area (Å²) < 4.78 is 27.1. The van der Waals surface area contributed by atoms with Gasteiger partial charge in [-0.1, -0.05) is 26.0 Å². The number of aliphatic imine (C=N–C) groups is 1. The number of hydrogen-bond acceptors (Lipinski definition) is 5. The average molecular weight is 393 g/mol. The first-order chi connectivity index (χ1) is 12.8. The van der Waals surface area contributed by atoms with Crippen LogP contribution in [0, 0.1) is 11.8 Å². The number of rotatable bonds is 6. The van der Waals surface area contributed by atoms with Crippen LogP contribution < -0.4 is 10.0 Å². The number of nitrogens with zero attached hydrogens (tertiary/aromatic N) is 2. The van der Waals surface area contributed by atoms with Gasteiger partial charge in [-0.2, -0.15) is 0 Å². The van der Waals surface area contributed by atoms with Gasteiger partial charge in [-0.3, -0.25) is 14.5 Å². The molecule has 148 valence electrons. The second kappa shape index (κ2) is 7.98. The molecule has 0 aliphatic carbocycles. The van der Waals surface area contributed by atoms with Gasteiger partial charge in [-0.25, -0.2) is 8.42 Å². The molecule has 2 aliphatic heterocycles. The summed E-state index contributed by atoms with van der Waals surface area (Å²) in [5, 5.41) is 3.17. The molecule has 27 heavy (non-hydrogen) atoms. The van der Waals surface area contributed by atoms with Crippen LogP contribution >= 0.6 is 0 Å². The van der Waals surface area contributed by atoms with Crippen LogP contribution in [0.25, 0.3) is 0 Å². The Bertz CT molecular complexity index is 835. The van der Waals surface area contributed by atoms with Crippen molar-refractivity contribution < 1.29 is 13.2 Å². The Kier molecular flexibility index (Phi) is 5.86. The minimum atomic E-state index is -3.60. The highest BCUT2D eigenvalue weighted by atomic mass is 32.2. The van der Waals surface area contributed by atoms with Crippen LogP contribution in [0.4, 0.5) is 0 Å². The third kappa shape index (κ3) is 4.32. The van der Waals surface area contributed by atoms with E-state index >= 15 is 0 Å². The van der Waals surface area contributed by atoms with E-state index in [1.165, 1.54) is 0 Å². The zero-order valence-electron chi connectivity index (χ0n) is 16.1.